The Bertz CT molecular complexity index is 219. The fraction of sp³-hybridized carbons (Fsp3) is 0.429. The molecule has 1 rings (SSSR count). The largest absolute Gasteiger partial charge is 0.418 e. The van der Waals surface area contributed by atoms with E-state index in [4.69, 9.17) is 5.11 Å². The summed E-state index contributed by atoms with van der Waals surface area (Å²) in [6.45, 7) is 0.369. The maximum atomic E-state index is 11.9. The average molecular weight is 178 g/mol. The molecule has 0 aromatic heterocycles. The van der Waals surface area contributed by atoms with Crippen molar-refractivity contribution in [2.75, 3.05) is 6.54 Å². The van der Waals surface area contributed by atoms with Gasteiger partial charge in [-0.1, -0.05) is 0 Å². The van der Waals surface area contributed by atoms with Crippen molar-refractivity contribution in [2.45, 2.75) is 12.3 Å². The number of aliphatic hydroxyl groups is 1. The minimum Gasteiger partial charge on any atom is -0.386 e. The lowest BCUT2D eigenvalue weighted by Gasteiger charge is -2.17. The van der Waals surface area contributed by atoms with E-state index in [1.807, 2.05) is 0 Å². The van der Waals surface area contributed by atoms with Gasteiger partial charge in [-0.05, 0) is 12.2 Å². The maximum Gasteiger partial charge on any atom is 0.418 e. The Labute approximate surface area is 67.4 Å². The van der Waals surface area contributed by atoms with Gasteiger partial charge in [0.15, 0.2) is 6.10 Å². The number of nitrogens with one attached hydrogen (secondary N) is 1. The maximum absolute atomic E-state index is 11.9. The molecule has 1 atom stereocenters. The van der Waals surface area contributed by atoms with E-state index in [0.29, 0.717) is 6.54 Å². The molecule has 1 aliphatic heterocycles. The predicted molar refractivity (Wildman–Crippen MR) is 36.0 cm³/mol. The first-order valence-electron chi connectivity index (χ1n) is 3.26. The first-order chi connectivity index (χ1) is 5.52. The van der Waals surface area contributed by atoms with Crippen LogP contribution in [0.2, 0.25) is 0 Å². The van der Waals surface area contributed by atoms with E-state index in [1.165, 1.54) is 0 Å². The molecule has 5 heteroatoms. The van der Waals surface area contributed by atoms with Crippen molar-refractivity contribution in [1.29, 1.82) is 0 Å². The molecule has 0 aromatic rings. The van der Waals surface area contributed by atoms with Gasteiger partial charge >= 0.3 is 6.18 Å². The van der Waals surface area contributed by atoms with Crippen LogP contribution in [-0.2, 0) is 0 Å². The van der Waals surface area contributed by atoms with Crippen LogP contribution < -0.4 is 5.32 Å². The van der Waals surface area contributed by atoms with Crippen LogP contribution in [-0.4, -0.2) is 23.9 Å². The highest BCUT2D eigenvalue weighted by Gasteiger charge is 2.40. The highest BCUT2D eigenvalue weighted by atomic mass is 19.4. The normalized spacial score (nSPS) is 19.8. The molecule has 0 saturated carbocycles. The average Bonchev–Trinajstić information content (AvgIpc) is 2.03. The van der Waals surface area contributed by atoms with E-state index in [2.05, 4.69) is 11.4 Å². The molecule has 1 unspecified atom stereocenters. The number of rotatable bonds is 1. The predicted octanol–water partition coefficient (Wildman–Crippen LogP) is 0.756. The van der Waals surface area contributed by atoms with E-state index in [0.717, 1.165) is 12.3 Å². The summed E-state index contributed by atoms with van der Waals surface area (Å²) in [7, 11) is 0. The molecule has 0 amide bonds. The van der Waals surface area contributed by atoms with Crippen LogP contribution >= 0.6 is 0 Å². The van der Waals surface area contributed by atoms with E-state index < -0.39 is 12.3 Å². The van der Waals surface area contributed by atoms with Gasteiger partial charge in [0.25, 0.3) is 0 Å². The van der Waals surface area contributed by atoms with Gasteiger partial charge in [0.05, 0.1) is 0 Å². The Balaban J connectivity index is 2.70. The number of halogens is 3. The zero-order valence-corrected chi connectivity index (χ0v) is 6.02. The molecule has 0 saturated heterocycles. The molecule has 1 heterocycles. The summed E-state index contributed by atoms with van der Waals surface area (Å²) in [5.74, 6) is 0. The molecular weight excluding hydrogens is 171 g/mol. The number of hydrogen-bond donors (Lipinski definition) is 2. The second-order valence-electron chi connectivity index (χ2n) is 2.32. The summed E-state index contributed by atoms with van der Waals surface area (Å²) < 4.78 is 35.6. The van der Waals surface area contributed by atoms with Crippen molar-refractivity contribution in [3.63, 3.8) is 0 Å². The molecule has 0 aromatic carbocycles. The van der Waals surface area contributed by atoms with Crippen molar-refractivity contribution in [3.05, 3.63) is 23.9 Å². The third kappa shape index (κ3) is 2.01. The quantitative estimate of drug-likeness (QED) is 0.621. The van der Waals surface area contributed by atoms with Crippen LogP contribution in [0.4, 0.5) is 13.2 Å². The number of hydrogen-bond acceptors (Lipinski definition) is 2. The first-order valence-corrected chi connectivity index (χ1v) is 3.26. The van der Waals surface area contributed by atoms with Crippen LogP contribution in [0.1, 0.15) is 0 Å². The van der Waals surface area contributed by atoms with Gasteiger partial charge in [0.2, 0.25) is 0 Å². The lowest BCUT2D eigenvalue weighted by atomic mass is 10.1. The Morgan fingerprint density at radius 2 is 2.25 bits per heavy atom. The van der Waals surface area contributed by atoms with Gasteiger partial charge in [-0.3, -0.25) is 0 Å². The lowest BCUT2D eigenvalue weighted by Crippen LogP contribution is -2.31. The SMILES string of the molecule is OC(C1=CNC[C]=C1)C(F)(F)F. The number of alkyl halides is 3. The molecule has 67 valence electrons. The zero-order valence-electron chi connectivity index (χ0n) is 6.02. The van der Waals surface area contributed by atoms with Crippen molar-refractivity contribution in [1.82, 2.24) is 5.32 Å². The first kappa shape index (κ1) is 9.12. The Kier molecular flexibility index (Phi) is 2.42. The summed E-state index contributed by atoms with van der Waals surface area (Å²) in [6.07, 6.45) is -2.24. The van der Waals surface area contributed by atoms with E-state index >= 15 is 0 Å². The summed E-state index contributed by atoms with van der Waals surface area (Å²) >= 11 is 0. The number of aliphatic hydroxyl groups excluding tert-OH is 1. The zero-order chi connectivity index (χ0) is 9.19. The van der Waals surface area contributed by atoms with Crippen LogP contribution in [0.5, 0.6) is 0 Å². The fourth-order valence-corrected chi connectivity index (χ4v) is 0.785. The highest BCUT2D eigenvalue weighted by Crippen LogP contribution is 2.25. The van der Waals surface area contributed by atoms with Gasteiger partial charge < -0.3 is 10.4 Å². The lowest BCUT2D eigenvalue weighted by molar-refractivity contribution is -0.190. The Hall–Kier alpha value is -0.970. The van der Waals surface area contributed by atoms with Crippen molar-refractivity contribution < 1.29 is 18.3 Å². The standard InChI is InChI=1S/C7H7F3NO/c8-7(9,10)6(12)5-2-1-3-11-4-5/h2,4,6,11-12H,3H2. The minimum atomic E-state index is -4.61. The van der Waals surface area contributed by atoms with Gasteiger partial charge in [0.1, 0.15) is 0 Å². The Morgan fingerprint density at radius 1 is 1.58 bits per heavy atom. The third-order valence-corrected chi connectivity index (χ3v) is 1.37. The molecule has 2 nitrogen and oxygen atoms in total. The fourth-order valence-electron chi connectivity index (χ4n) is 0.785. The monoisotopic (exact) mass is 178 g/mol. The molecule has 0 fully saturated rings. The van der Waals surface area contributed by atoms with Crippen LogP contribution in [0.25, 0.3) is 0 Å². The molecule has 0 aliphatic carbocycles. The number of dihydropyridines is 1. The molecule has 0 bridgehead atoms. The molecule has 2 N–H and O–H groups in total. The Morgan fingerprint density at radius 3 is 2.67 bits per heavy atom. The second-order valence-corrected chi connectivity index (χ2v) is 2.32. The molecule has 0 spiro atoms. The van der Waals surface area contributed by atoms with Gasteiger partial charge in [-0.15, -0.1) is 0 Å². The van der Waals surface area contributed by atoms with E-state index in [9.17, 15) is 13.2 Å². The molecule has 12 heavy (non-hydrogen) atoms. The smallest absolute Gasteiger partial charge is 0.386 e. The van der Waals surface area contributed by atoms with Crippen LogP contribution in [0, 0.1) is 6.08 Å². The second kappa shape index (κ2) is 3.18. The van der Waals surface area contributed by atoms with Gasteiger partial charge in [-0.25, -0.2) is 0 Å². The molecular formula is C7H7F3NO. The molecule has 1 aliphatic rings. The highest BCUT2D eigenvalue weighted by molar-refractivity contribution is 5.24. The summed E-state index contributed by atoms with van der Waals surface area (Å²) in [5.41, 5.74) is -0.214. The van der Waals surface area contributed by atoms with E-state index in [-0.39, 0.29) is 5.57 Å². The van der Waals surface area contributed by atoms with E-state index in [1.54, 1.807) is 0 Å². The van der Waals surface area contributed by atoms with Crippen LogP contribution in [0.3, 0.4) is 0 Å². The van der Waals surface area contributed by atoms with Gasteiger partial charge in [-0.2, -0.15) is 13.2 Å². The van der Waals surface area contributed by atoms with Crippen molar-refractivity contribution in [2.24, 2.45) is 0 Å². The minimum absolute atomic E-state index is 0.214. The summed E-state index contributed by atoms with van der Waals surface area (Å²) in [5, 5.41) is 11.2. The molecule has 1 radical (unpaired) electrons. The summed E-state index contributed by atoms with van der Waals surface area (Å²) in [6, 6.07) is 0. The third-order valence-electron chi connectivity index (χ3n) is 1.37. The summed E-state index contributed by atoms with van der Waals surface area (Å²) in [4.78, 5) is 0. The van der Waals surface area contributed by atoms with Crippen LogP contribution in [0.15, 0.2) is 17.8 Å². The topological polar surface area (TPSA) is 32.3 Å². The van der Waals surface area contributed by atoms with Crippen molar-refractivity contribution in [3.8, 4) is 0 Å². The van der Waals surface area contributed by atoms with Gasteiger partial charge in [0, 0.05) is 18.3 Å². The van der Waals surface area contributed by atoms with Crippen molar-refractivity contribution >= 4 is 0 Å².